The summed E-state index contributed by atoms with van der Waals surface area (Å²) in [6.07, 6.45) is 1.58. The number of fused-ring (bicyclic) bond motifs is 1. The molecule has 0 saturated heterocycles. The number of carbonyl (C=O) groups is 1. The zero-order valence-electron chi connectivity index (χ0n) is 10.9. The van der Waals surface area contributed by atoms with E-state index in [0.717, 1.165) is 10.0 Å². The molecule has 0 saturated carbocycles. The van der Waals surface area contributed by atoms with Crippen molar-refractivity contribution in [1.29, 1.82) is 0 Å². The van der Waals surface area contributed by atoms with Crippen molar-refractivity contribution in [2.45, 2.75) is 0 Å². The second kappa shape index (κ2) is 5.97. The van der Waals surface area contributed by atoms with E-state index in [1.54, 1.807) is 24.4 Å². The third kappa shape index (κ3) is 3.22. The summed E-state index contributed by atoms with van der Waals surface area (Å²) in [7, 11) is 0. The van der Waals surface area contributed by atoms with Crippen LogP contribution in [0.4, 0.5) is 0 Å². The Bertz CT molecular complexity index is 699. The zero-order chi connectivity index (χ0) is 14.7. The Morgan fingerprint density at radius 3 is 2.71 bits per heavy atom. The number of carbonyl (C=O) groups excluding carboxylic acids is 1. The Balaban J connectivity index is 1.65. The van der Waals surface area contributed by atoms with Crippen LogP contribution in [0.2, 0.25) is 0 Å². The third-order valence-corrected chi connectivity index (χ3v) is 3.41. The van der Waals surface area contributed by atoms with Crippen LogP contribution in [-0.4, -0.2) is 18.9 Å². The minimum absolute atomic E-state index is 0.183. The van der Waals surface area contributed by atoms with E-state index in [1.165, 1.54) is 0 Å². The van der Waals surface area contributed by atoms with E-state index in [2.05, 4.69) is 26.5 Å². The van der Waals surface area contributed by atoms with E-state index < -0.39 is 0 Å². The van der Waals surface area contributed by atoms with Crippen LogP contribution in [-0.2, 0) is 0 Å². The van der Waals surface area contributed by atoms with Gasteiger partial charge in [-0.15, -0.1) is 0 Å². The Morgan fingerprint density at radius 2 is 1.90 bits per heavy atom. The number of rotatable bonds is 3. The molecule has 0 aromatic heterocycles. The van der Waals surface area contributed by atoms with Crippen LogP contribution in [0.3, 0.4) is 0 Å². The lowest BCUT2D eigenvalue weighted by atomic mass is 10.2. The molecule has 0 radical (unpaired) electrons. The molecule has 2 aromatic rings. The average molecular weight is 347 g/mol. The van der Waals surface area contributed by atoms with E-state index >= 15 is 0 Å². The number of benzene rings is 2. The molecule has 1 heterocycles. The van der Waals surface area contributed by atoms with E-state index in [4.69, 9.17) is 9.47 Å². The van der Waals surface area contributed by atoms with Crippen LogP contribution in [0.25, 0.3) is 0 Å². The van der Waals surface area contributed by atoms with Gasteiger partial charge in [0.1, 0.15) is 0 Å². The molecule has 106 valence electrons. The summed E-state index contributed by atoms with van der Waals surface area (Å²) in [6, 6.07) is 12.6. The highest BCUT2D eigenvalue weighted by atomic mass is 79.9. The Kier molecular flexibility index (Phi) is 3.87. The molecule has 1 aliphatic rings. The minimum atomic E-state index is -0.304. The SMILES string of the molecule is O=C(NN=Cc1ccc(Br)cc1)c1ccc2c(c1)OCO2. The lowest BCUT2D eigenvalue weighted by Crippen LogP contribution is -2.17. The molecule has 1 amide bonds. The topological polar surface area (TPSA) is 59.9 Å². The molecule has 1 aliphatic heterocycles. The molecule has 2 aromatic carbocycles. The molecule has 0 unspecified atom stereocenters. The van der Waals surface area contributed by atoms with Gasteiger partial charge in [-0.25, -0.2) is 5.43 Å². The van der Waals surface area contributed by atoms with Gasteiger partial charge in [0, 0.05) is 10.0 Å². The van der Waals surface area contributed by atoms with Crippen molar-refractivity contribution in [3.63, 3.8) is 0 Å². The van der Waals surface area contributed by atoms with Gasteiger partial charge in [0.05, 0.1) is 6.21 Å². The summed E-state index contributed by atoms with van der Waals surface area (Å²) in [5.41, 5.74) is 3.83. The molecule has 6 heteroatoms. The molecule has 0 bridgehead atoms. The summed E-state index contributed by atoms with van der Waals surface area (Å²) in [5.74, 6) is 0.908. The summed E-state index contributed by atoms with van der Waals surface area (Å²) in [6.45, 7) is 0.183. The number of halogens is 1. The Hall–Kier alpha value is -2.34. The summed E-state index contributed by atoms with van der Waals surface area (Å²) in [4.78, 5) is 12.0. The normalized spacial score (nSPS) is 12.6. The molecule has 0 spiro atoms. The van der Waals surface area contributed by atoms with Crippen LogP contribution in [0, 0.1) is 0 Å². The number of hydrogen-bond acceptors (Lipinski definition) is 4. The second-order valence-electron chi connectivity index (χ2n) is 4.32. The van der Waals surface area contributed by atoms with Crippen molar-refractivity contribution >= 4 is 28.1 Å². The molecule has 0 atom stereocenters. The van der Waals surface area contributed by atoms with Crippen LogP contribution >= 0.6 is 15.9 Å². The fraction of sp³-hybridized carbons (Fsp3) is 0.0667. The molecule has 0 aliphatic carbocycles. The number of nitrogens with zero attached hydrogens (tertiary/aromatic N) is 1. The van der Waals surface area contributed by atoms with Crippen LogP contribution in [0.1, 0.15) is 15.9 Å². The van der Waals surface area contributed by atoms with Gasteiger partial charge in [0.25, 0.3) is 5.91 Å². The lowest BCUT2D eigenvalue weighted by molar-refractivity contribution is 0.0954. The van der Waals surface area contributed by atoms with Crippen molar-refractivity contribution in [3.05, 3.63) is 58.1 Å². The van der Waals surface area contributed by atoms with Crippen LogP contribution in [0.15, 0.2) is 52.0 Å². The van der Waals surface area contributed by atoms with Gasteiger partial charge in [-0.3, -0.25) is 4.79 Å². The van der Waals surface area contributed by atoms with Crippen molar-refractivity contribution in [1.82, 2.24) is 5.43 Å². The maximum atomic E-state index is 12.0. The van der Waals surface area contributed by atoms with E-state index in [0.29, 0.717) is 17.1 Å². The Morgan fingerprint density at radius 1 is 1.14 bits per heavy atom. The number of nitrogens with one attached hydrogen (secondary N) is 1. The molecular formula is C15H11BrN2O3. The third-order valence-electron chi connectivity index (χ3n) is 2.88. The summed E-state index contributed by atoms with van der Waals surface area (Å²) < 4.78 is 11.4. The summed E-state index contributed by atoms with van der Waals surface area (Å²) >= 11 is 3.36. The quantitative estimate of drug-likeness (QED) is 0.686. The predicted octanol–water partition coefficient (Wildman–Crippen LogP) is 2.94. The minimum Gasteiger partial charge on any atom is -0.454 e. The monoisotopic (exact) mass is 346 g/mol. The van der Waals surface area contributed by atoms with Crippen molar-refractivity contribution in [3.8, 4) is 11.5 Å². The second-order valence-corrected chi connectivity index (χ2v) is 5.23. The highest BCUT2D eigenvalue weighted by Gasteiger charge is 2.15. The first-order valence-electron chi connectivity index (χ1n) is 6.21. The lowest BCUT2D eigenvalue weighted by Gasteiger charge is -2.01. The van der Waals surface area contributed by atoms with Crippen molar-refractivity contribution < 1.29 is 14.3 Å². The molecular weight excluding hydrogens is 336 g/mol. The fourth-order valence-corrected chi connectivity index (χ4v) is 2.08. The molecule has 0 fully saturated rings. The van der Waals surface area contributed by atoms with Gasteiger partial charge in [-0.1, -0.05) is 28.1 Å². The first-order valence-corrected chi connectivity index (χ1v) is 7.00. The van der Waals surface area contributed by atoms with Gasteiger partial charge in [0.15, 0.2) is 11.5 Å². The highest BCUT2D eigenvalue weighted by molar-refractivity contribution is 9.10. The zero-order valence-corrected chi connectivity index (χ0v) is 12.5. The largest absolute Gasteiger partial charge is 0.454 e. The maximum absolute atomic E-state index is 12.0. The standard InChI is InChI=1S/C15H11BrN2O3/c16-12-4-1-10(2-5-12)8-17-18-15(19)11-3-6-13-14(7-11)21-9-20-13/h1-8H,9H2,(H,18,19). The number of ether oxygens (including phenoxy) is 2. The van der Waals surface area contributed by atoms with E-state index in [9.17, 15) is 4.79 Å². The smallest absolute Gasteiger partial charge is 0.271 e. The van der Waals surface area contributed by atoms with Gasteiger partial charge >= 0.3 is 0 Å². The van der Waals surface area contributed by atoms with E-state index in [1.807, 2.05) is 24.3 Å². The number of hydrazone groups is 1. The first kappa shape index (κ1) is 13.6. The van der Waals surface area contributed by atoms with Gasteiger partial charge < -0.3 is 9.47 Å². The van der Waals surface area contributed by atoms with Gasteiger partial charge in [-0.2, -0.15) is 5.10 Å². The summed E-state index contributed by atoms with van der Waals surface area (Å²) in [5, 5.41) is 3.93. The van der Waals surface area contributed by atoms with Crippen molar-refractivity contribution in [2.75, 3.05) is 6.79 Å². The van der Waals surface area contributed by atoms with Crippen LogP contribution in [0.5, 0.6) is 11.5 Å². The van der Waals surface area contributed by atoms with E-state index in [-0.39, 0.29) is 12.7 Å². The molecule has 21 heavy (non-hydrogen) atoms. The molecule has 3 rings (SSSR count). The molecule has 5 nitrogen and oxygen atoms in total. The first-order chi connectivity index (χ1) is 10.2. The number of hydrogen-bond donors (Lipinski definition) is 1. The highest BCUT2D eigenvalue weighted by Crippen LogP contribution is 2.32. The number of amides is 1. The maximum Gasteiger partial charge on any atom is 0.271 e. The Labute approximate surface area is 129 Å². The van der Waals surface area contributed by atoms with Crippen molar-refractivity contribution in [2.24, 2.45) is 5.10 Å². The average Bonchev–Trinajstić information content (AvgIpc) is 2.96. The van der Waals surface area contributed by atoms with Gasteiger partial charge in [-0.05, 0) is 35.9 Å². The fourth-order valence-electron chi connectivity index (χ4n) is 1.82. The van der Waals surface area contributed by atoms with Gasteiger partial charge in [0.2, 0.25) is 6.79 Å². The molecule has 1 N–H and O–H groups in total. The van der Waals surface area contributed by atoms with Crippen LogP contribution < -0.4 is 14.9 Å². The predicted molar refractivity (Wildman–Crippen MR) is 81.8 cm³/mol.